The number of H-pyrrole nitrogens is 1. The van der Waals surface area contributed by atoms with Crippen LogP contribution in [-0.4, -0.2) is 79.3 Å². The van der Waals surface area contributed by atoms with E-state index in [4.69, 9.17) is 4.74 Å². The van der Waals surface area contributed by atoms with Crippen LogP contribution in [0.25, 0.3) is 11.1 Å². The minimum absolute atomic E-state index is 0.00526. The summed E-state index contributed by atoms with van der Waals surface area (Å²) in [5, 5.41) is 12.4. The van der Waals surface area contributed by atoms with Crippen LogP contribution in [0.5, 0.6) is 0 Å². The monoisotopic (exact) mass is 613 g/mol. The Morgan fingerprint density at radius 1 is 1.11 bits per heavy atom. The number of piperazine rings is 1. The van der Waals surface area contributed by atoms with Crippen molar-refractivity contribution in [1.29, 1.82) is 5.26 Å². The van der Waals surface area contributed by atoms with Gasteiger partial charge in [-0.05, 0) is 39.1 Å². The maximum Gasteiger partial charge on any atom is 0.417 e. The molecule has 2 aromatic heterocycles. The fraction of sp³-hybridized carbons (Fsp3) is 0.400. The highest BCUT2D eigenvalue weighted by atomic mass is 19.4. The summed E-state index contributed by atoms with van der Waals surface area (Å²) in [6.45, 7) is 6.93. The van der Waals surface area contributed by atoms with Crippen molar-refractivity contribution in [1.82, 2.24) is 14.9 Å². The molecule has 0 spiro atoms. The van der Waals surface area contributed by atoms with E-state index in [0.717, 1.165) is 0 Å². The van der Waals surface area contributed by atoms with Gasteiger partial charge in [-0.3, -0.25) is 14.5 Å². The highest BCUT2D eigenvalue weighted by Gasteiger charge is 2.36. The molecule has 2 fully saturated rings. The number of amides is 1. The van der Waals surface area contributed by atoms with E-state index in [1.165, 1.54) is 24.4 Å². The van der Waals surface area contributed by atoms with Gasteiger partial charge in [0.15, 0.2) is 0 Å². The summed E-state index contributed by atoms with van der Waals surface area (Å²) < 4.78 is 62.5. The van der Waals surface area contributed by atoms with Crippen molar-refractivity contribution in [3.05, 3.63) is 69.5 Å². The molecule has 2 atom stereocenters. The molecule has 0 unspecified atom stereocenters. The molecule has 14 heteroatoms. The van der Waals surface area contributed by atoms with Gasteiger partial charge in [-0.15, -0.1) is 0 Å². The molecule has 2 saturated heterocycles. The molecular weight excluding hydrogens is 582 g/mol. The van der Waals surface area contributed by atoms with Gasteiger partial charge in [-0.25, -0.2) is 9.37 Å². The van der Waals surface area contributed by atoms with Crippen molar-refractivity contribution in [2.45, 2.75) is 32.1 Å². The van der Waals surface area contributed by atoms with E-state index in [1.807, 2.05) is 30.7 Å². The Hall–Kier alpha value is -4.48. The van der Waals surface area contributed by atoms with Crippen molar-refractivity contribution in [2.75, 3.05) is 61.6 Å². The molecule has 3 aromatic rings. The minimum Gasteiger partial charge on any atom is -0.378 e. The molecule has 2 N–H and O–H groups in total. The largest absolute Gasteiger partial charge is 0.417 e. The van der Waals surface area contributed by atoms with Gasteiger partial charge in [-0.2, -0.15) is 18.4 Å². The normalized spacial score (nSPS) is 19.5. The number of aromatic nitrogens is 2. The van der Waals surface area contributed by atoms with Crippen LogP contribution in [0.2, 0.25) is 0 Å². The third kappa shape index (κ3) is 6.24. The molecule has 5 rings (SSSR count). The SMILES string of the molecule is C[C@@H]1CN(c2cc(F)c(-c3cnc(N4CCOCC4)c(C#N)c3)cc2NC(=O)c2c[nH]c(=O)cc2C(F)(F)F)C[C@H](C)N1C. The van der Waals surface area contributed by atoms with E-state index in [1.54, 1.807) is 0 Å². The zero-order valence-electron chi connectivity index (χ0n) is 24.3. The number of carbonyl (C=O) groups is 1. The molecule has 2 aliphatic rings. The van der Waals surface area contributed by atoms with Gasteiger partial charge in [0.25, 0.3) is 5.91 Å². The van der Waals surface area contributed by atoms with Crippen molar-refractivity contribution < 1.29 is 27.1 Å². The van der Waals surface area contributed by atoms with Crippen LogP contribution in [0.4, 0.5) is 34.8 Å². The number of pyridine rings is 2. The van der Waals surface area contributed by atoms with Crippen LogP contribution >= 0.6 is 0 Å². The second-order valence-electron chi connectivity index (χ2n) is 11.0. The smallest absolute Gasteiger partial charge is 0.378 e. The van der Waals surface area contributed by atoms with Crippen LogP contribution in [0.1, 0.15) is 35.3 Å². The molecular formula is C30H31F4N7O3. The number of ether oxygens (including phenoxy) is 1. The lowest BCUT2D eigenvalue weighted by atomic mass is 10.0. The lowest BCUT2D eigenvalue weighted by molar-refractivity contribution is -0.138. The number of carbonyl (C=O) groups excluding carboxylic acids is 1. The van der Waals surface area contributed by atoms with Crippen molar-refractivity contribution >= 4 is 23.1 Å². The molecule has 232 valence electrons. The predicted molar refractivity (Wildman–Crippen MR) is 156 cm³/mol. The number of benzene rings is 1. The topological polar surface area (TPSA) is 118 Å². The fourth-order valence-corrected chi connectivity index (χ4v) is 5.54. The molecule has 4 heterocycles. The number of morpholine rings is 1. The van der Waals surface area contributed by atoms with Crippen LogP contribution in [0.3, 0.4) is 0 Å². The number of rotatable bonds is 5. The highest BCUT2D eigenvalue weighted by Crippen LogP contribution is 2.38. The van der Waals surface area contributed by atoms with Crippen LogP contribution in [-0.2, 0) is 10.9 Å². The first-order chi connectivity index (χ1) is 20.9. The van der Waals surface area contributed by atoms with Crippen molar-refractivity contribution in [2.24, 2.45) is 0 Å². The molecule has 0 aliphatic carbocycles. The second-order valence-corrected chi connectivity index (χ2v) is 11.0. The van der Waals surface area contributed by atoms with E-state index < -0.39 is 34.6 Å². The second kappa shape index (κ2) is 12.3. The molecule has 10 nitrogen and oxygen atoms in total. The average molecular weight is 614 g/mol. The van der Waals surface area contributed by atoms with Crippen molar-refractivity contribution in [3.63, 3.8) is 0 Å². The molecule has 2 aliphatic heterocycles. The molecule has 0 radical (unpaired) electrons. The zero-order chi connectivity index (χ0) is 31.8. The number of aromatic amines is 1. The summed E-state index contributed by atoms with van der Waals surface area (Å²) in [7, 11) is 1.97. The van der Waals surface area contributed by atoms with E-state index in [0.29, 0.717) is 57.5 Å². The molecule has 0 saturated carbocycles. The number of likely N-dealkylation sites (N-methyl/N-ethyl adjacent to an activating group) is 1. The standard InChI is InChI=1S/C30H31F4N7O3/c1-17-15-41(16-18(2)39(17)3)26-11-24(31)21(20-8-19(12-35)28(37-13-20)40-4-6-44-7-5-40)9-25(26)38-29(43)22-14-36-27(42)10-23(22)30(32,33)34/h8-11,13-14,17-18H,4-7,15-16H2,1-3H3,(H,36,42)(H,38,43)/t17-,18+. The van der Waals surface area contributed by atoms with Gasteiger partial charge in [0.05, 0.1) is 41.3 Å². The quantitative estimate of drug-likeness (QED) is 0.414. The number of halogens is 4. The Morgan fingerprint density at radius 3 is 2.43 bits per heavy atom. The Balaban J connectivity index is 1.59. The van der Waals surface area contributed by atoms with Gasteiger partial charge in [0, 0.05) is 67.8 Å². The van der Waals surface area contributed by atoms with Gasteiger partial charge in [0.1, 0.15) is 17.7 Å². The van der Waals surface area contributed by atoms with Gasteiger partial charge < -0.3 is 24.8 Å². The van der Waals surface area contributed by atoms with E-state index in [9.17, 15) is 28.0 Å². The van der Waals surface area contributed by atoms with Crippen LogP contribution < -0.4 is 20.7 Å². The lowest BCUT2D eigenvalue weighted by Crippen LogP contribution is -2.55. The first-order valence-corrected chi connectivity index (χ1v) is 14.0. The molecule has 44 heavy (non-hydrogen) atoms. The van der Waals surface area contributed by atoms with E-state index in [2.05, 4.69) is 26.3 Å². The Bertz CT molecular complexity index is 1650. The van der Waals surface area contributed by atoms with Gasteiger partial charge in [-0.1, -0.05) is 0 Å². The third-order valence-corrected chi connectivity index (χ3v) is 8.12. The van der Waals surface area contributed by atoms with Crippen LogP contribution in [0, 0.1) is 17.1 Å². The zero-order valence-corrected chi connectivity index (χ0v) is 24.3. The minimum atomic E-state index is -4.97. The summed E-state index contributed by atoms with van der Waals surface area (Å²) >= 11 is 0. The molecule has 1 aromatic carbocycles. The summed E-state index contributed by atoms with van der Waals surface area (Å²) in [6, 6.07) is 6.59. The predicted octanol–water partition coefficient (Wildman–Crippen LogP) is 4.08. The Labute approximate surface area is 250 Å². The summed E-state index contributed by atoms with van der Waals surface area (Å²) in [6.07, 6.45) is -2.85. The first kappa shape index (κ1) is 31.0. The number of hydrogen-bond donors (Lipinski definition) is 2. The van der Waals surface area contributed by atoms with Gasteiger partial charge in [0.2, 0.25) is 5.56 Å². The molecule has 0 bridgehead atoms. The number of nitrogens with zero attached hydrogens (tertiary/aromatic N) is 5. The maximum atomic E-state index is 15.9. The summed E-state index contributed by atoms with van der Waals surface area (Å²) in [4.78, 5) is 37.5. The molecule has 1 amide bonds. The van der Waals surface area contributed by atoms with Crippen LogP contribution in [0.15, 0.2) is 41.5 Å². The summed E-state index contributed by atoms with van der Waals surface area (Å²) in [5.41, 5.74) is -2.41. The van der Waals surface area contributed by atoms with Gasteiger partial charge >= 0.3 is 6.18 Å². The first-order valence-electron chi connectivity index (χ1n) is 14.0. The fourth-order valence-electron chi connectivity index (χ4n) is 5.54. The highest BCUT2D eigenvalue weighted by molar-refractivity contribution is 6.07. The Kier molecular flexibility index (Phi) is 8.62. The lowest BCUT2D eigenvalue weighted by Gasteiger charge is -2.44. The third-order valence-electron chi connectivity index (χ3n) is 8.12. The average Bonchev–Trinajstić information content (AvgIpc) is 2.99. The number of alkyl halides is 3. The number of nitriles is 1. The number of nitrogens with one attached hydrogen (secondary N) is 2. The van der Waals surface area contributed by atoms with Crippen molar-refractivity contribution in [3.8, 4) is 17.2 Å². The Morgan fingerprint density at radius 2 is 1.80 bits per heavy atom. The maximum absolute atomic E-state index is 15.9. The number of hydrogen-bond acceptors (Lipinski definition) is 8. The summed E-state index contributed by atoms with van der Waals surface area (Å²) in [5.74, 6) is -1.37. The van der Waals surface area contributed by atoms with E-state index >= 15 is 4.39 Å². The number of anilines is 3. The van der Waals surface area contributed by atoms with E-state index in [-0.39, 0.29) is 40.1 Å².